The van der Waals surface area contributed by atoms with E-state index >= 15 is 0 Å². The van der Waals surface area contributed by atoms with Crippen molar-refractivity contribution in [2.24, 2.45) is 0 Å². The van der Waals surface area contributed by atoms with E-state index in [4.69, 9.17) is 9.72 Å². The summed E-state index contributed by atoms with van der Waals surface area (Å²) >= 11 is 3.66. The molecule has 39 heavy (non-hydrogen) atoms. The number of rotatable bonds is 8. The highest BCUT2D eigenvalue weighted by Gasteiger charge is 2.25. The summed E-state index contributed by atoms with van der Waals surface area (Å²) in [6.07, 6.45) is 3.68. The van der Waals surface area contributed by atoms with E-state index in [1.165, 1.54) is 30.6 Å². The van der Waals surface area contributed by atoms with E-state index in [9.17, 15) is 4.79 Å². The van der Waals surface area contributed by atoms with Gasteiger partial charge in [-0.05, 0) is 68.5 Å². The molecule has 0 radical (unpaired) electrons. The monoisotopic (exact) mass is 565 g/mol. The van der Waals surface area contributed by atoms with Crippen molar-refractivity contribution < 1.29 is 9.53 Å². The Morgan fingerprint density at radius 2 is 1.77 bits per heavy atom. The zero-order valence-electron chi connectivity index (χ0n) is 22.6. The molecule has 6 rings (SSSR count). The third-order valence-electron chi connectivity index (χ3n) is 8.22. The number of morpholine rings is 1. The molecular weight excluding hydrogens is 526 g/mol. The Kier molecular flexibility index (Phi) is 9.01. The smallest absolute Gasteiger partial charge is 0.253 e. The molecule has 3 aromatic rings. The largest absolute Gasteiger partial charge is 0.384 e. The number of thiophene rings is 1. The summed E-state index contributed by atoms with van der Waals surface area (Å²) in [4.78, 5) is 25.0. The van der Waals surface area contributed by atoms with Crippen LogP contribution in [-0.2, 0) is 4.74 Å². The predicted molar refractivity (Wildman–Crippen MR) is 163 cm³/mol. The van der Waals surface area contributed by atoms with Crippen LogP contribution in [-0.4, -0.2) is 109 Å². The number of carbonyl (C=O) groups excluding carboxylic acids is 1. The number of aromatic nitrogens is 1. The maximum atomic E-state index is 12.9. The van der Waals surface area contributed by atoms with E-state index in [-0.39, 0.29) is 5.91 Å². The van der Waals surface area contributed by atoms with E-state index in [2.05, 4.69) is 32.6 Å². The first-order valence-electron chi connectivity index (χ1n) is 14.4. The molecule has 0 saturated carbocycles. The number of nitrogens with zero attached hydrogens (tertiary/aromatic N) is 4. The first-order chi connectivity index (χ1) is 19.2. The van der Waals surface area contributed by atoms with Gasteiger partial charge in [-0.2, -0.15) is 11.8 Å². The number of hydrogen-bond donors (Lipinski definition) is 1. The topological polar surface area (TPSA) is 60.9 Å². The van der Waals surface area contributed by atoms with Gasteiger partial charge in [0.1, 0.15) is 0 Å². The van der Waals surface area contributed by atoms with Crippen LogP contribution >= 0.6 is 23.1 Å². The highest BCUT2D eigenvalue weighted by molar-refractivity contribution is 7.99. The fourth-order valence-electron chi connectivity index (χ4n) is 5.94. The fraction of sp³-hybridized carbons (Fsp3) is 0.533. The lowest BCUT2D eigenvalue weighted by atomic mass is 10.0. The number of benzene rings is 1. The number of piperidine rings is 1. The molecule has 1 amide bonds. The number of anilines is 1. The molecule has 0 spiro atoms. The van der Waals surface area contributed by atoms with Crippen molar-refractivity contribution in [1.82, 2.24) is 19.7 Å². The molecular formula is C30H39N5O2S2. The second-order valence-electron chi connectivity index (χ2n) is 10.7. The predicted octanol–water partition coefficient (Wildman–Crippen LogP) is 4.75. The van der Waals surface area contributed by atoms with Crippen LogP contribution in [0, 0.1) is 0 Å². The average Bonchev–Trinajstić information content (AvgIpc) is 3.49. The van der Waals surface area contributed by atoms with E-state index in [0.29, 0.717) is 0 Å². The van der Waals surface area contributed by atoms with Gasteiger partial charge in [-0.15, -0.1) is 11.3 Å². The lowest BCUT2D eigenvalue weighted by Gasteiger charge is -2.40. The number of likely N-dealkylation sites (tertiary alicyclic amines) is 1. The van der Waals surface area contributed by atoms with Crippen LogP contribution in [0.15, 0.2) is 41.8 Å². The molecule has 0 unspecified atom stereocenters. The minimum Gasteiger partial charge on any atom is -0.384 e. The normalized spacial score (nSPS) is 19.9. The van der Waals surface area contributed by atoms with Gasteiger partial charge < -0.3 is 19.9 Å². The summed E-state index contributed by atoms with van der Waals surface area (Å²) in [5, 5.41) is 5.83. The molecule has 1 N–H and O–H groups in total. The number of ether oxygens (including phenoxy) is 1. The summed E-state index contributed by atoms with van der Waals surface area (Å²) in [5.41, 5.74) is 4.93. The van der Waals surface area contributed by atoms with Gasteiger partial charge in [-0.25, -0.2) is 4.98 Å². The third kappa shape index (κ3) is 6.60. The van der Waals surface area contributed by atoms with Crippen molar-refractivity contribution in [3.05, 3.63) is 47.3 Å². The number of carbonyl (C=O) groups is 1. The zero-order chi connectivity index (χ0) is 26.4. The minimum absolute atomic E-state index is 0.135. The molecule has 5 heterocycles. The van der Waals surface area contributed by atoms with E-state index in [1.807, 2.05) is 40.9 Å². The van der Waals surface area contributed by atoms with Gasteiger partial charge in [0.15, 0.2) is 0 Å². The second kappa shape index (κ2) is 13.0. The van der Waals surface area contributed by atoms with Crippen LogP contribution in [0.3, 0.4) is 0 Å². The van der Waals surface area contributed by atoms with Crippen LogP contribution in [0.4, 0.5) is 5.69 Å². The molecule has 1 aromatic carbocycles. The van der Waals surface area contributed by atoms with Gasteiger partial charge in [0.2, 0.25) is 0 Å². The number of hydrogen-bond acceptors (Lipinski definition) is 8. The summed E-state index contributed by atoms with van der Waals surface area (Å²) in [6.45, 7) is 10.1. The van der Waals surface area contributed by atoms with Crippen molar-refractivity contribution >= 4 is 44.9 Å². The Morgan fingerprint density at radius 3 is 2.54 bits per heavy atom. The summed E-state index contributed by atoms with van der Waals surface area (Å²) < 4.78 is 6.73. The van der Waals surface area contributed by atoms with Crippen LogP contribution in [0.5, 0.6) is 0 Å². The van der Waals surface area contributed by atoms with E-state index < -0.39 is 0 Å². The van der Waals surface area contributed by atoms with Crippen LogP contribution in [0.1, 0.15) is 29.6 Å². The molecule has 3 saturated heterocycles. The first kappa shape index (κ1) is 27.0. The minimum atomic E-state index is 0.135. The van der Waals surface area contributed by atoms with Crippen molar-refractivity contribution in [3.8, 4) is 11.3 Å². The highest BCUT2D eigenvalue weighted by Crippen LogP contribution is 2.32. The Hall–Kier alpha value is -2.17. The van der Waals surface area contributed by atoms with Gasteiger partial charge in [0.05, 0.1) is 34.8 Å². The van der Waals surface area contributed by atoms with E-state index in [0.717, 1.165) is 104 Å². The van der Waals surface area contributed by atoms with Crippen LogP contribution in [0.25, 0.3) is 21.5 Å². The lowest BCUT2D eigenvalue weighted by Crippen LogP contribution is -2.49. The molecule has 0 bridgehead atoms. The quantitative estimate of drug-likeness (QED) is 0.396. The maximum absolute atomic E-state index is 12.9. The van der Waals surface area contributed by atoms with Crippen molar-refractivity contribution in [3.63, 3.8) is 0 Å². The molecule has 3 aliphatic rings. The van der Waals surface area contributed by atoms with Crippen molar-refractivity contribution in [2.75, 3.05) is 82.4 Å². The Bertz CT molecular complexity index is 1230. The first-order valence-corrected chi connectivity index (χ1v) is 16.4. The van der Waals surface area contributed by atoms with Gasteiger partial charge in [-0.1, -0.05) is 12.1 Å². The third-order valence-corrected chi connectivity index (χ3v) is 10.1. The molecule has 208 valence electrons. The van der Waals surface area contributed by atoms with Gasteiger partial charge in [0, 0.05) is 61.4 Å². The highest BCUT2D eigenvalue weighted by atomic mass is 32.2. The second-order valence-corrected chi connectivity index (χ2v) is 12.8. The molecule has 3 fully saturated rings. The van der Waals surface area contributed by atoms with Gasteiger partial charge in [0.25, 0.3) is 5.91 Å². The number of thioether (sulfide) groups is 1. The number of pyridine rings is 1. The van der Waals surface area contributed by atoms with Gasteiger partial charge >= 0.3 is 0 Å². The Labute approximate surface area is 239 Å². The molecule has 0 aliphatic carbocycles. The average molecular weight is 566 g/mol. The molecule has 2 aromatic heterocycles. The number of amides is 1. The number of fused-ring (bicyclic) bond motifs is 1. The zero-order valence-corrected chi connectivity index (χ0v) is 24.3. The molecule has 3 aliphatic heterocycles. The molecule has 0 atom stereocenters. The van der Waals surface area contributed by atoms with Crippen molar-refractivity contribution in [1.29, 1.82) is 0 Å². The molecule has 7 nitrogen and oxygen atoms in total. The molecule has 9 heteroatoms. The summed E-state index contributed by atoms with van der Waals surface area (Å²) in [5.74, 6) is 2.19. The van der Waals surface area contributed by atoms with Crippen LogP contribution < -0.4 is 5.32 Å². The Balaban J connectivity index is 1.04. The van der Waals surface area contributed by atoms with E-state index in [1.54, 1.807) is 11.3 Å². The van der Waals surface area contributed by atoms with Crippen molar-refractivity contribution in [2.45, 2.75) is 25.3 Å². The maximum Gasteiger partial charge on any atom is 0.253 e. The Morgan fingerprint density at radius 1 is 1.00 bits per heavy atom. The van der Waals surface area contributed by atoms with Gasteiger partial charge in [-0.3, -0.25) is 9.69 Å². The van der Waals surface area contributed by atoms with Crippen LogP contribution in [0.2, 0.25) is 0 Å². The standard InChI is InChI=1S/C30H39N5O2S2/c36-30(35-15-20-38-21-16-35)24-4-2-23(3-5-24)27-22-28(29-26(32-27)8-19-39-29)31-9-1-10-33-11-6-25(7-12-33)34-13-17-37-18-14-34/h2-5,8,19,22,25H,1,6-7,9-18,20-21H2,(H,31,32). The number of nitrogens with one attached hydrogen (secondary N) is 1. The SMILES string of the molecule is O=C(c1ccc(-c2cc(NCCCN3CCC(N4CCOCC4)CC3)c3sccc3n2)cc1)N1CCSCC1. The lowest BCUT2D eigenvalue weighted by molar-refractivity contribution is 0.000914. The fourth-order valence-corrected chi connectivity index (χ4v) is 7.67. The summed E-state index contributed by atoms with van der Waals surface area (Å²) in [7, 11) is 0. The summed E-state index contributed by atoms with van der Waals surface area (Å²) in [6, 6.07) is 13.0.